The molecule has 0 aromatic heterocycles. The minimum atomic E-state index is -0.826. The molecule has 108 valence electrons. The van der Waals surface area contributed by atoms with Crippen molar-refractivity contribution >= 4 is 23.6 Å². The smallest absolute Gasteiger partial charge is 0.326 e. The Balaban J connectivity index is 2.04. The van der Waals surface area contributed by atoms with Crippen molar-refractivity contribution in [2.45, 2.75) is 57.0 Å². The molecule has 4 nitrogen and oxygen atoms in total. The summed E-state index contributed by atoms with van der Waals surface area (Å²) in [4.78, 5) is 25.4. The fourth-order valence-electron chi connectivity index (χ4n) is 3.54. The maximum Gasteiger partial charge on any atom is 0.326 e. The fraction of sp³-hybridized carbons (Fsp3) is 0.857. The molecule has 1 amide bonds. The van der Waals surface area contributed by atoms with E-state index in [9.17, 15) is 14.7 Å². The topological polar surface area (TPSA) is 57.6 Å². The molecule has 0 spiro atoms. The van der Waals surface area contributed by atoms with E-state index in [1.54, 1.807) is 16.7 Å². The van der Waals surface area contributed by atoms with E-state index >= 15 is 0 Å². The highest BCUT2D eigenvalue weighted by Crippen LogP contribution is 2.40. The highest BCUT2D eigenvalue weighted by molar-refractivity contribution is 7.98. The number of aliphatic carboxylic acids is 1. The molecule has 5 heteroatoms. The van der Waals surface area contributed by atoms with Crippen molar-refractivity contribution in [1.29, 1.82) is 0 Å². The Morgan fingerprint density at radius 1 is 1.32 bits per heavy atom. The van der Waals surface area contributed by atoms with Gasteiger partial charge in [0.05, 0.1) is 0 Å². The third-order valence-corrected chi connectivity index (χ3v) is 5.10. The van der Waals surface area contributed by atoms with Gasteiger partial charge in [0.15, 0.2) is 0 Å². The third-order valence-electron chi connectivity index (χ3n) is 4.40. The van der Waals surface area contributed by atoms with Gasteiger partial charge in [0.2, 0.25) is 5.91 Å². The van der Waals surface area contributed by atoms with Gasteiger partial charge in [-0.15, -0.1) is 0 Å². The lowest BCUT2D eigenvalue weighted by Crippen LogP contribution is -2.46. The number of carbonyl (C=O) groups is 2. The van der Waals surface area contributed by atoms with E-state index in [0.717, 1.165) is 31.4 Å². The largest absolute Gasteiger partial charge is 0.480 e. The summed E-state index contributed by atoms with van der Waals surface area (Å²) in [6.07, 6.45) is 8.41. The molecule has 3 atom stereocenters. The molecule has 2 fully saturated rings. The van der Waals surface area contributed by atoms with Crippen LogP contribution in [0.3, 0.4) is 0 Å². The first-order valence-electron chi connectivity index (χ1n) is 7.18. The van der Waals surface area contributed by atoms with Crippen molar-refractivity contribution < 1.29 is 14.7 Å². The highest BCUT2D eigenvalue weighted by Gasteiger charge is 2.47. The number of carbonyl (C=O) groups excluding carboxylic acids is 1. The minimum absolute atomic E-state index is 0.0517. The van der Waals surface area contributed by atoms with Crippen molar-refractivity contribution in [3.8, 4) is 0 Å². The predicted molar refractivity (Wildman–Crippen MR) is 76.2 cm³/mol. The first kappa shape index (κ1) is 14.7. The van der Waals surface area contributed by atoms with Crippen LogP contribution in [0.2, 0.25) is 0 Å². The van der Waals surface area contributed by atoms with Crippen molar-refractivity contribution in [3.05, 3.63) is 0 Å². The molecule has 1 heterocycles. The maximum atomic E-state index is 12.3. The Morgan fingerprint density at radius 2 is 2.05 bits per heavy atom. The lowest BCUT2D eigenvalue weighted by Gasteiger charge is -2.33. The second-order valence-corrected chi connectivity index (χ2v) is 6.58. The zero-order chi connectivity index (χ0) is 13.8. The predicted octanol–water partition coefficient (Wildman–Crippen LogP) is 2.37. The molecule has 1 N–H and O–H groups in total. The molecule has 1 aliphatic carbocycles. The van der Waals surface area contributed by atoms with E-state index < -0.39 is 12.0 Å². The monoisotopic (exact) mass is 285 g/mol. The van der Waals surface area contributed by atoms with Crippen LogP contribution in [0.15, 0.2) is 0 Å². The van der Waals surface area contributed by atoms with Crippen LogP contribution in [0.5, 0.6) is 0 Å². The molecule has 0 aromatic carbocycles. The number of thioether (sulfide) groups is 1. The molecule has 0 bridgehead atoms. The van der Waals surface area contributed by atoms with Crippen LogP contribution in [-0.2, 0) is 9.59 Å². The summed E-state index contributed by atoms with van der Waals surface area (Å²) < 4.78 is 0. The Bertz CT molecular complexity index is 348. The van der Waals surface area contributed by atoms with Gasteiger partial charge in [0, 0.05) is 12.5 Å². The van der Waals surface area contributed by atoms with Crippen LogP contribution in [0.4, 0.5) is 0 Å². The molecular weight excluding hydrogens is 262 g/mol. The Hall–Kier alpha value is -0.710. The Kier molecular flexibility index (Phi) is 5.13. The number of hydrogen-bond acceptors (Lipinski definition) is 3. The lowest BCUT2D eigenvalue weighted by atomic mass is 9.84. The van der Waals surface area contributed by atoms with Crippen molar-refractivity contribution in [2.75, 3.05) is 12.0 Å². The number of likely N-dealkylation sites (tertiary alicyclic amines) is 1. The fourth-order valence-corrected chi connectivity index (χ4v) is 3.97. The first-order valence-corrected chi connectivity index (χ1v) is 8.57. The quantitative estimate of drug-likeness (QED) is 0.788. The van der Waals surface area contributed by atoms with Gasteiger partial charge in [-0.25, -0.2) is 4.79 Å². The third kappa shape index (κ3) is 3.25. The minimum Gasteiger partial charge on any atom is -0.480 e. The van der Waals surface area contributed by atoms with Gasteiger partial charge in [-0.1, -0.05) is 12.8 Å². The second-order valence-electron chi connectivity index (χ2n) is 5.60. The van der Waals surface area contributed by atoms with E-state index in [2.05, 4.69) is 0 Å². The molecule has 1 saturated carbocycles. The van der Waals surface area contributed by atoms with Gasteiger partial charge < -0.3 is 10.0 Å². The molecule has 19 heavy (non-hydrogen) atoms. The number of amides is 1. The van der Waals surface area contributed by atoms with Gasteiger partial charge in [-0.05, 0) is 43.6 Å². The van der Waals surface area contributed by atoms with E-state index in [0.29, 0.717) is 18.8 Å². The zero-order valence-corrected chi connectivity index (χ0v) is 12.3. The van der Waals surface area contributed by atoms with Crippen molar-refractivity contribution in [1.82, 2.24) is 4.90 Å². The average Bonchev–Trinajstić information content (AvgIpc) is 2.78. The molecule has 2 rings (SSSR count). The SMILES string of the molecule is CSCCCC(=O)N1[C@@H]2CCCC[C@@H]2C[C@H]1C(=O)O. The number of rotatable bonds is 5. The number of nitrogens with zero attached hydrogens (tertiary/aromatic N) is 1. The summed E-state index contributed by atoms with van der Waals surface area (Å²) >= 11 is 1.73. The number of carboxylic acids is 1. The highest BCUT2D eigenvalue weighted by atomic mass is 32.2. The number of hydrogen-bond donors (Lipinski definition) is 1. The van der Waals surface area contributed by atoms with Gasteiger partial charge in [-0.2, -0.15) is 11.8 Å². The normalized spacial score (nSPS) is 30.2. The average molecular weight is 285 g/mol. The maximum absolute atomic E-state index is 12.3. The van der Waals surface area contributed by atoms with E-state index in [-0.39, 0.29) is 11.9 Å². The van der Waals surface area contributed by atoms with Gasteiger partial charge in [0.1, 0.15) is 6.04 Å². The van der Waals surface area contributed by atoms with Crippen molar-refractivity contribution in [2.24, 2.45) is 5.92 Å². The summed E-state index contributed by atoms with van der Waals surface area (Å²) in [6.45, 7) is 0. The lowest BCUT2D eigenvalue weighted by molar-refractivity contribution is -0.149. The van der Waals surface area contributed by atoms with Crippen LogP contribution in [0.25, 0.3) is 0 Å². The summed E-state index contributed by atoms with van der Waals surface area (Å²) in [5.41, 5.74) is 0. The molecule has 1 aliphatic heterocycles. The van der Waals surface area contributed by atoms with E-state index in [1.165, 1.54) is 6.42 Å². The summed E-state index contributed by atoms with van der Waals surface area (Å²) in [6, 6.07) is -0.383. The van der Waals surface area contributed by atoms with E-state index in [4.69, 9.17) is 0 Å². The van der Waals surface area contributed by atoms with Crippen LogP contribution in [0.1, 0.15) is 44.9 Å². The molecule has 0 aromatic rings. The van der Waals surface area contributed by atoms with Crippen LogP contribution >= 0.6 is 11.8 Å². The summed E-state index contributed by atoms with van der Waals surface area (Å²) in [7, 11) is 0. The first-order chi connectivity index (χ1) is 9.15. The standard InChI is InChI=1S/C14H23NO3S/c1-19-8-4-7-13(16)15-11-6-3-2-5-10(11)9-12(15)14(17)18/h10-12H,2-9H2,1H3,(H,17,18)/t10-,11-,12+/m1/s1. The number of fused-ring (bicyclic) bond motifs is 1. The van der Waals surface area contributed by atoms with E-state index in [1.807, 2.05) is 6.26 Å². The van der Waals surface area contributed by atoms with Gasteiger partial charge in [0.25, 0.3) is 0 Å². The van der Waals surface area contributed by atoms with Crippen molar-refractivity contribution in [3.63, 3.8) is 0 Å². The van der Waals surface area contributed by atoms with Gasteiger partial charge in [-0.3, -0.25) is 4.79 Å². The Labute approximate surface area is 118 Å². The molecule has 2 aliphatic rings. The van der Waals surface area contributed by atoms with Gasteiger partial charge >= 0.3 is 5.97 Å². The molecule has 0 radical (unpaired) electrons. The second kappa shape index (κ2) is 6.64. The summed E-state index contributed by atoms with van der Waals surface area (Å²) in [5.74, 6) is 0.605. The van der Waals surface area contributed by atoms with Crippen LogP contribution < -0.4 is 0 Å². The summed E-state index contributed by atoms with van der Waals surface area (Å²) in [5, 5.41) is 9.35. The Morgan fingerprint density at radius 3 is 2.74 bits per heavy atom. The van der Waals surface area contributed by atoms with Crippen LogP contribution in [-0.4, -0.2) is 46.0 Å². The zero-order valence-electron chi connectivity index (χ0n) is 11.5. The van der Waals surface area contributed by atoms with Crippen LogP contribution in [0, 0.1) is 5.92 Å². The molecule has 1 saturated heterocycles. The molecule has 0 unspecified atom stereocenters. The number of carboxylic acid groups (broad SMARTS) is 1. The molecular formula is C14H23NO3S.